The van der Waals surface area contributed by atoms with E-state index >= 15 is 0 Å². The van der Waals surface area contributed by atoms with Gasteiger partial charge in [0, 0.05) is 25.0 Å². The third kappa shape index (κ3) is 3.59. The number of rotatable bonds is 7. The Morgan fingerprint density at radius 3 is 2.68 bits per heavy atom. The molecule has 0 aliphatic rings. The van der Waals surface area contributed by atoms with Crippen LogP contribution in [0.2, 0.25) is 0 Å². The van der Waals surface area contributed by atoms with Crippen LogP contribution >= 0.6 is 0 Å². The summed E-state index contributed by atoms with van der Waals surface area (Å²) in [5.74, 6) is 0.508. The highest BCUT2D eigenvalue weighted by Crippen LogP contribution is 2.24. The van der Waals surface area contributed by atoms with Crippen LogP contribution in [0.25, 0.3) is 0 Å². The Morgan fingerprint density at radius 2 is 2.04 bits per heavy atom. The van der Waals surface area contributed by atoms with Gasteiger partial charge >= 0.3 is 0 Å². The van der Waals surface area contributed by atoms with Crippen LogP contribution in [0.1, 0.15) is 11.8 Å². The zero-order chi connectivity index (χ0) is 17.9. The Hall–Kier alpha value is -2.98. The van der Waals surface area contributed by atoms with E-state index in [-0.39, 0.29) is 6.54 Å². The normalized spacial score (nSPS) is 12.8. The summed E-state index contributed by atoms with van der Waals surface area (Å²) in [7, 11) is -4.09. The lowest BCUT2D eigenvalue weighted by Gasteiger charge is -2.16. The van der Waals surface area contributed by atoms with Gasteiger partial charge in [0.1, 0.15) is 11.8 Å². The quantitative estimate of drug-likeness (QED) is 0.506. The van der Waals surface area contributed by atoms with E-state index in [9.17, 15) is 18.5 Å². The maximum atomic E-state index is 12.5. The smallest absolute Gasteiger partial charge is 0.289 e. The number of para-hydroxylation sites is 1. The molecule has 3 rings (SSSR count). The molecule has 0 amide bonds. The summed E-state index contributed by atoms with van der Waals surface area (Å²) in [5.41, 5.74) is -0.483. The minimum absolute atomic E-state index is 0.0798. The lowest BCUT2D eigenvalue weighted by molar-refractivity contribution is -0.387. The van der Waals surface area contributed by atoms with Gasteiger partial charge in [-0.15, -0.1) is 0 Å². The summed E-state index contributed by atoms with van der Waals surface area (Å²) >= 11 is 0. The molecule has 1 aromatic carbocycles. The van der Waals surface area contributed by atoms with Gasteiger partial charge in [-0.25, -0.2) is 13.1 Å². The van der Waals surface area contributed by atoms with Gasteiger partial charge in [0.25, 0.3) is 5.69 Å². The fourth-order valence-electron chi connectivity index (χ4n) is 2.37. The maximum Gasteiger partial charge on any atom is 0.289 e. The van der Waals surface area contributed by atoms with E-state index in [0.717, 1.165) is 6.07 Å². The number of aromatic nitrogens is 2. The van der Waals surface area contributed by atoms with Crippen molar-refractivity contribution in [1.82, 2.24) is 14.5 Å². The van der Waals surface area contributed by atoms with Crippen LogP contribution in [0.3, 0.4) is 0 Å². The first-order valence-electron chi connectivity index (χ1n) is 7.24. The van der Waals surface area contributed by atoms with Gasteiger partial charge < -0.3 is 4.42 Å². The molecule has 130 valence electrons. The first-order valence-corrected chi connectivity index (χ1v) is 8.73. The molecule has 0 radical (unpaired) electrons. The van der Waals surface area contributed by atoms with Crippen LogP contribution in [-0.4, -0.2) is 29.7 Å². The minimum Gasteiger partial charge on any atom is -0.467 e. The van der Waals surface area contributed by atoms with E-state index in [1.54, 1.807) is 35.3 Å². The Labute approximate surface area is 143 Å². The van der Waals surface area contributed by atoms with Gasteiger partial charge in [0.2, 0.25) is 10.0 Å². The largest absolute Gasteiger partial charge is 0.467 e. The van der Waals surface area contributed by atoms with Crippen molar-refractivity contribution in [3.63, 3.8) is 0 Å². The van der Waals surface area contributed by atoms with Crippen molar-refractivity contribution in [2.45, 2.75) is 10.9 Å². The van der Waals surface area contributed by atoms with Gasteiger partial charge in [0.15, 0.2) is 4.90 Å². The predicted molar refractivity (Wildman–Crippen MR) is 87.4 cm³/mol. The van der Waals surface area contributed by atoms with Crippen LogP contribution in [0.15, 0.2) is 70.4 Å². The molecule has 1 atom stereocenters. The first-order chi connectivity index (χ1) is 12.0. The number of nitrogens with zero attached hydrogens (tertiary/aromatic N) is 3. The zero-order valence-corrected chi connectivity index (χ0v) is 13.7. The highest BCUT2D eigenvalue weighted by Gasteiger charge is 2.27. The summed E-state index contributed by atoms with van der Waals surface area (Å²) in [6.45, 7) is -0.0798. The second-order valence-corrected chi connectivity index (χ2v) is 6.83. The molecule has 25 heavy (non-hydrogen) atoms. The van der Waals surface area contributed by atoms with Crippen molar-refractivity contribution < 1.29 is 17.8 Å². The molecule has 1 unspecified atom stereocenters. The number of sulfonamides is 1. The molecule has 2 heterocycles. The minimum atomic E-state index is -4.09. The van der Waals surface area contributed by atoms with Crippen LogP contribution < -0.4 is 4.72 Å². The predicted octanol–water partition coefficient (Wildman–Crippen LogP) is 1.95. The van der Waals surface area contributed by atoms with E-state index in [0.29, 0.717) is 5.76 Å². The summed E-state index contributed by atoms with van der Waals surface area (Å²) in [6.07, 6.45) is 4.71. The van der Waals surface area contributed by atoms with Crippen molar-refractivity contribution in [3.05, 3.63) is 77.0 Å². The van der Waals surface area contributed by atoms with Crippen molar-refractivity contribution in [2.24, 2.45) is 0 Å². The second-order valence-electron chi connectivity index (χ2n) is 5.09. The van der Waals surface area contributed by atoms with Crippen molar-refractivity contribution in [2.75, 3.05) is 6.54 Å². The topological polar surface area (TPSA) is 120 Å². The Bertz CT molecular complexity index is 917. The van der Waals surface area contributed by atoms with Gasteiger partial charge in [0.05, 0.1) is 11.2 Å². The van der Waals surface area contributed by atoms with E-state index in [4.69, 9.17) is 4.42 Å². The summed E-state index contributed by atoms with van der Waals surface area (Å²) < 4.78 is 34.3. The Kier molecular flexibility index (Phi) is 4.63. The Balaban J connectivity index is 1.87. The van der Waals surface area contributed by atoms with E-state index in [1.807, 2.05) is 0 Å². The molecular weight excluding hydrogens is 348 g/mol. The van der Waals surface area contributed by atoms with Crippen molar-refractivity contribution in [3.8, 4) is 0 Å². The summed E-state index contributed by atoms with van der Waals surface area (Å²) in [6, 6.07) is 9.73. The molecule has 0 fully saturated rings. The summed E-state index contributed by atoms with van der Waals surface area (Å²) in [4.78, 5) is 9.94. The van der Waals surface area contributed by atoms with Crippen LogP contribution in [0, 0.1) is 10.1 Å². The molecule has 0 saturated heterocycles. The Morgan fingerprint density at radius 1 is 1.24 bits per heavy atom. The molecule has 0 bridgehead atoms. The molecular formula is C15H14N4O5S. The molecule has 0 spiro atoms. The molecule has 0 aliphatic carbocycles. The van der Waals surface area contributed by atoms with Crippen LogP contribution in [0.5, 0.6) is 0 Å². The lowest BCUT2D eigenvalue weighted by Crippen LogP contribution is -2.31. The molecule has 1 N–H and O–H groups in total. The van der Waals surface area contributed by atoms with Crippen molar-refractivity contribution in [1.29, 1.82) is 0 Å². The standard InChI is InChI=1S/C15H14N4O5S/c20-19(21)12-5-1-2-7-15(12)25(22,23)17-11-13(14-6-3-10-24-14)18-9-4-8-16-18/h1-10,13,17H,11H2. The SMILES string of the molecule is O=[N+]([O-])c1ccccc1S(=O)(=O)NCC(c1ccco1)n1cccn1. The van der Waals surface area contributed by atoms with Gasteiger partial charge in [-0.3, -0.25) is 14.8 Å². The van der Waals surface area contributed by atoms with E-state index in [1.165, 1.54) is 24.5 Å². The second kappa shape index (κ2) is 6.87. The average molecular weight is 362 g/mol. The van der Waals surface area contributed by atoms with Gasteiger partial charge in [-0.2, -0.15) is 5.10 Å². The first kappa shape index (κ1) is 16.9. The molecule has 2 aromatic heterocycles. The van der Waals surface area contributed by atoms with Gasteiger partial charge in [-0.05, 0) is 24.3 Å². The number of nitro groups is 1. The number of nitrogens with one attached hydrogen (secondary N) is 1. The van der Waals surface area contributed by atoms with Crippen LogP contribution in [-0.2, 0) is 10.0 Å². The monoisotopic (exact) mass is 362 g/mol. The van der Waals surface area contributed by atoms with Crippen LogP contribution in [0.4, 0.5) is 5.69 Å². The van der Waals surface area contributed by atoms with E-state index in [2.05, 4.69) is 9.82 Å². The average Bonchev–Trinajstić information content (AvgIpc) is 3.29. The fourth-order valence-corrected chi connectivity index (χ4v) is 3.58. The van der Waals surface area contributed by atoms with Crippen molar-refractivity contribution >= 4 is 15.7 Å². The fraction of sp³-hybridized carbons (Fsp3) is 0.133. The number of hydrogen-bond donors (Lipinski definition) is 1. The molecule has 9 nitrogen and oxygen atoms in total. The molecule has 0 aliphatic heterocycles. The number of benzene rings is 1. The summed E-state index contributed by atoms with van der Waals surface area (Å²) in [5, 5.41) is 15.2. The lowest BCUT2D eigenvalue weighted by atomic mass is 10.2. The van der Waals surface area contributed by atoms with E-state index < -0.39 is 31.6 Å². The molecule has 10 heteroatoms. The number of hydrogen-bond acceptors (Lipinski definition) is 6. The number of nitro benzene ring substituents is 1. The molecule has 3 aromatic rings. The zero-order valence-electron chi connectivity index (χ0n) is 12.8. The molecule has 0 saturated carbocycles. The third-order valence-corrected chi connectivity index (χ3v) is 5.00. The highest BCUT2D eigenvalue weighted by atomic mass is 32.2. The van der Waals surface area contributed by atoms with Gasteiger partial charge in [-0.1, -0.05) is 12.1 Å². The number of furan rings is 1. The third-order valence-electron chi connectivity index (χ3n) is 3.53. The maximum absolute atomic E-state index is 12.5. The highest BCUT2D eigenvalue weighted by molar-refractivity contribution is 7.89.